The number of esters is 4. The van der Waals surface area contributed by atoms with Gasteiger partial charge in [0.2, 0.25) is 0 Å². The van der Waals surface area contributed by atoms with Crippen molar-refractivity contribution in [3.63, 3.8) is 0 Å². The number of hydrogen-bond acceptors (Lipinski definition) is 11. The van der Waals surface area contributed by atoms with Crippen LogP contribution in [0.4, 0.5) is 0 Å². The summed E-state index contributed by atoms with van der Waals surface area (Å²) in [5.74, 6) is 0.187. The molecule has 0 aromatic rings. The number of rotatable bonds is 19. The summed E-state index contributed by atoms with van der Waals surface area (Å²) in [5, 5.41) is 0. The van der Waals surface area contributed by atoms with E-state index < -0.39 is 0 Å². The van der Waals surface area contributed by atoms with Crippen LogP contribution >= 0.6 is 0 Å². The Hall–Kier alpha value is -2.28. The van der Waals surface area contributed by atoms with E-state index in [2.05, 4.69) is 41.9 Å². The van der Waals surface area contributed by atoms with Crippen LogP contribution in [-0.4, -0.2) is 101 Å². The van der Waals surface area contributed by atoms with Gasteiger partial charge in [0, 0.05) is 37.0 Å². The van der Waals surface area contributed by atoms with Crippen LogP contribution in [0.3, 0.4) is 0 Å². The normalized spacial score (nSPS) is 34.2. The first kappa shape index (κ1) is 43.4. The van der Waals surface area contributed by atoms with E-state index in [1.807, 2.05) is 0 Å². The van der Waals surface area contributed by atoms with Gasteiger partial charge in [-0.2, -0.15) is 0 Å². The summed E-state index contributed by atoms with van der Waals surface area (Å²) >= 11 is 0. The Labute approximate surface area is 318 Å². The molecule has 304 valence electrons. The lowest BCUT2D eigenvalue weighted by Crippen LogP contribution is -2.63. The van der Waals surface area contributed by atoms with Gasteiger partial charge < -0.3 is 40.6 Å². The van der Waals surface area contributed by atoms with Gasteiger partial charge in [0.05, 0.1) is 21.1 Å². The van der Waals surface area contributed by atoms with Crippen molar-refractivity contribution in [1.82, 2.24) is 0 Å². The van der Waals surface area contributed by atoms with Crippen molar-refractivity contribution in [2.24, 2.45) is 63.5 Å². The average Bonchev–Trinajstić information content (AvgIpc) is 3.46. The summed E-state index contributed by atoms with van der Waals surface area (Å²) < 4.78 is 25.4. The zero-order valence-electron chi connectivity index (χ0n) is 33.8. The molecule has 4 rings (SSSR count). The Bertz CT molecular complexity index is 1240. The van der Waals surface area contributed by atoms with Crippen LogP contribution in [0.25, 0.3) is 0 Å². The van der Waals surface area contributed by atoms with Gasteiger partial charge in [-0.25, -0.2) is 0 Å². The minimum atomic E-state index is -0.368. The van der Waals surface area contributed by atoms with Crippen molar-refractivity contribution in [3.8, 4) is 0 Å². The standard InChI is InChI=1S/C41H73N4O8/c1-27(13-16-35(46)50-23-22-45(4,5)6)30-14-15-31-39-32(26-34(41(30,31)3)53-38(49)12-9-21-44)40(2)18-17-29(51-36(47)10-7-19-42)24-28(40)25-33(39)52-37(48)11-8-20-43/h27-34,39H,7-26,42-44H2,1-6H3/q+1/t27-,28?,29-,30?,31+,32+,33-,34+,39?,40?,41?/m1/s1. The predicted molar refractivity (Wildman–Crippen MR) is 203 cm³/mol. The van der Waals surface area contributed by atoms with Crippen molar-refractivity contribution >= 4 is 23.9 Å². The van der Waals surface area contributed by atoms with Crippen LogP contribution in [0, 0.1) is 46.3 Å². The van der Waals surface area contributed by atoms with Gasteiger partial charge in [-0.05, 0) is 125 Å². The highest BCUT2D eigenvalue weighted by Crippen LogP contribution is 2.69. The largest absolute Gasteiger partial charge is 0.462 e. The van der Waals surface area contributed by atoms with Crippen LogP contribution in [0.15, 0.2) is 0 Å². The maximum absolute atomic E-state index is 13.4. The molecule has 0 saturated heterocycles. The van der Waals surface area contributed by atoms with E-state index in [0.29, 0.717) is 71.2 Å². The Balaban J connectivity index is 1.63. The third-order valence-electron chi connectivity index (χ3n) is 13.9. The summed E-state index contributed by atoms with van der Waals surface area (Å²) in [5.41, 5.74) is 16.7. The minimum absolute atomic E-state index is 0.100. The highest BCUT2D eigenvalue weighted by Gasteiger charge is 2.67. The molecule has 4 fully saturated rings. The lowest BCUT2D eigenvalue weighted by Gasteiger charge is -2.64. The SMILES string of the molecule is C[C@H](CCC(=O)OCC[N+](C)(C)C)C1CC[C@H]2C3[C@H](OC(=O)CCCN)CC4C[C@H](OC(=O)CCCN)CCC4(C)[C@H]3C[C@H](OC(=O)CCCN)C12C. The fraction of sp³-hybridized carbons (Fsp3) is 0.902. The Morgan fingerprint density at radius 2 is 1.34 bits per heavy atom. The molecule has 12 nitrogen and oxygen atoms in total. The monoisotopic (exact) mass is 750 g/mol. The number of carbonyl (C=O) groups excluding carboxylic acids is 4. The number of ether oxygens (including phenoxy) is 4. The lowest BCUT2D eigenvalue weighted by atomic mass is 9.43. The number of nitrogens with two attached hydrogens (primary N) is 3. The van der Waals surface area contributed by atoms with Crippen molar-refractivity contribution in [2.45, 2.75) is 135 Å². The molecule has 0 bridgehead atoms. The molecule has 0 radical (unpaired) electrons. The summed E-state index contributed by atoms with van der Waals surface area (Å²) in [6.07, 6.45) is 8.54. The maximum atomic E-state index is 13.4. The highest BCUT2D eigenvalue weighted by atomic mass is 16.6. The summed E-state index contributed by atoms with van der Waals surface area (Å²) in [7, 11) is 6.23. The van der Waals surface area contributed by atoms with E-state index in [1.165, 1.54) is 0 Å². The van der Waals surface area contributed by atoms with Gasteiger partial charge in [-0.1, -0.05) is 20.8 Å². The average molecular weight is 750 g/mol. The van der Waals surface area contributed by atoms with Crippen LogP contribution in [0.2, 0.25) is 0 Å². The zero-order valence-corrected chi connectivity index (χ0v) is 33.8. The quantitative estimate of drug-likeness (QED) is 0.0962. The minimum Gasteiger partial charge on any atom is -0.462 e. The van der Waals surface area contributed by atoms with E-state index in [0.717, 1.165) is 49.6 Å². The van der Waals surface area contributed by atoms with Crippen molar-refractivity contribution in [1.29, 1.82) is 0 Å². The molecule has 6 N–H and O–H groups in total. The van der Waals surface area contributed by atoms with Crippen LogP contribution in [0.1, 0.15) is 117 Å². The first-order chi connectivity index (χ1) is 25.1. The molecule has 53 heavy (non-hydrogen) atoms. The molecule has 11 atom stereocenters. The van der Waals surface area contributed by atoms with Crippen LogP contribution in [-0.2, 0) is 38.1 Å². The molecule has 0 amide bonds. The number of fused-ring (bicyclic) bond motifs is 5. The molecule has 4 saturated carbocycles. The van der Waals surface area contributed by atoms with Gasteiger partial charge in [0.15, 0.2) is 0 Å². The number of hydrogen-bond donors (Lipinski definition) is 3. The van der Waals surface area contributed by atoms with E-state index in [4.69, 9.17) is 36.1 Å². The second-order valence-corrected chi connectivity index (χ2v) is 18.3. The first-order valence-corrected chi connectivity index (χ1v) is 20.7. The van der Waals surface area contributed by atoms with Gasteiger partial charge in [0.1, 0.15) is 31.5 Å². The molecule has 12 heteroatoms. The Morgan fingerprint density at radius 1 is 0.736 bits per heavy atom. The second kappa shape index (κ2) is 19.0. The number of quaternary nitrogens is 1. The number of carbonyl (C=O) groups is 4. The molecule has 0 aromatic carbocycles. The van der Waals surface area contributed by atoms with Gasteiger partial charge in [-0.3, -0.25) is 19.2 Å². The van der Waals surface area contributed by atoms with Gasteiger partial charge >= 0.3 is 23.9 Å². The molecule has 5 unspecified atom stereocenters. The fourth-order valence-electron chi connectivity index (χ4n) is 10.9. The number of likely N-dealkylation sites (N-methyl/N-ethyl adjacent to an activating group) is 1. The van der Waals surface area contributed by atoms with Crippen LogP contribution in [0.5, 0.6) is 0 Å². The molecule has 0 aliphatic heterocycles. The molecule has 0 aromatic heterocycles. The predicted octanol–water partition coefficient (Wildman–Crippen LogP) is 4.48. The molecular formula is C41H73N4O8+. The highest BCUT2D eigenvalue weighted by molar-refractivity contribution is 5.70. The molecule has 0 spiro atoms. The smallest absolute Gasteiger partial charge is 0.306 e. The summed E-state index contributed by atoms with van der Waals surface area (Å²) in [6, 6.07) is 0. The van der Waals surface area contributed by atoms with Gasteiger partial charge in [0.25, 0.3) is 0 Å². The molecular weight excluding hydrogens is 676 g/mol. The lowest BCUT2D eigenvalue weighted by molar-refractivity contribution is -0.870. The third-order valence-corrected chi connectivity index (χ3v) is 13.9. The van der Waals surface area contributed by atoms with Gasteiger partial charge in [-0.15, -0.1) is 0 Å². The van der Waals surface area contributed by atoms with E-state index in [-0.39, 0.29) is 101 Å². The van der Waals surface area contributed by atoms with E-state index in [1.54, 1.807) is 0 Å². The van der Waals surface area contributed by atoms with E-state index >= 15 is 0 Å². The van der Waals surface area contributed by atoms with E-state index in [9.17, 15) is 19.2 Å². The van der Waals surface area contributed by atoms with Crippen molar-refractivity contribution in [3.05, 3.63) is 0 Å². The Morgan fingerprint density at radius 3 is 1.94 bits per heavy atom. The Kier molecular flexibility index (Phi) is 15.6. The molecule has 0 heterocycles. The summed E-state index contributed by atoms with van der Waals surface area (Å²) in [6.45, 7) is 9.35. The van der Waals surface area contributed by atoms with Crippen LogP contribution < -0.4 is 17.2 Å². The molecule has 4 aliphatic carbocycles. The maximum Gasteiger partial charge on any atom is 0.306 e. The molecule has 4 aliphatic rings. The van der Waals surface area contributed by atoms with Crippen molar-refractivity contribution < 1.29 is 42.6 Å². The third kappa shape index (κ3) is 10.7. The fourth-order valence-corrected chi connectivity index (χ4v) is 10.9. The number of nitrogens with zero attached hydrogens (tertiary/aromatic N) is 1. The summed E-state index contributed by atoms with van der Waals surface area (Å²) in [4.78, 5) is 52.3. The zero-order chi connectivity index (χ0) is 39.0. The topological polar surface area (TPSA) is 183 Å². The first-order valence-electron chi connectivity index (χ1n) is 20.7. The second-order valence-electron chi connectivity index (χ2n) is 18.3. The van der Waals surface area contributed by atoms with Crippen molar-refractivity contribution in [2.75, 3.05) is 53.9 Å².